The molecule has 2 saturated carbocycles. The lowest BCUT2D eigenvalue weighted by molar-refractivity contribution is -0.168. The van der Waals surface area contributed by atoms with Crippen LogP contribution in [0.2, 0.25) is 0 Å². The van der Waals surface area contributed by atoms with Crippen LogP contribution in [0.25, 0.3) is 0 Å². The number of aromatic hydroxyl groups is 1. The molecule has 0 heterocycles. The van der Waals surface area contributed by atoms with E-state index >= 15 is 0 Å². The first-order valence-electron chi connectivity index (χ1n) is 18.3. The summed E-state index contributed by atoms with van der Waals surface area (Å²) < 4.78 is 6.29. The predicted octanol–water partition coefficient (Wildman–Crippen LogP) is 9.14. The summed E-state index contributed by atoms with van der Waals surface area (Å²) in [6.45, 7) is 5.05. The van der Waals surface area contributed by atoms with Crippen LogP contribution in [0.15, 0.2) is 30.4 Å². The molecule has 5 atom stereocenters. The third-order valence-electron chi connectivity index (χ3n) is 11.1. The van der Waals surface area contributed by atoms with Crippen molar-refractivity contribution >= 4 is 5.97 Å². The van der Waals surface area contributed by atoms with Crippen LogP contribution in [-0.4, -0.2) is 34.9 Å². The second kappa shape index (κ2) is 19.4. The van der Waals surface area contributed by atoms with Gasteiger partial charge in [0.05, 0.1) is 6.61 Å². The zero-order valence-electron chi connectivity index (χ0n) is 28.5. The number of carbonyl (C=O) groups is 1. The van der Waals surface area contributed by atoms with Crippen molar-refractivity contribution in [2.24, 2.45) is 23.0 Å². The Kier molecular flexibility index (Phi) is 16.0. The summed E-state index contributed by atoms with van der Waals surface area (Å²) in [5.74, 6) is 4.89. The van der Waals surface area contributed by atoms with Gasteiger partial charge in [-0.2, -0.15) is 0 Å². The fraction of sp³-hybridized carbons (Fsp3) is 0.725. The summed E-state index contributed by atoms with van der Waals surface area (Å²) in [6.07, 6.45) is 33.7. The number of aryl methyl sites for hydroxylation is 1. The second-order valence-corrected chi connectivity index (χ2v) is 14.1. The predicted molar refractivity (Wildman–Crippen MR) is 186 cm³/mol. The first-order chi connectivity index (χ1) is 21.9. The molecule has 0 unspecified atom stereocenters. The molecule has 1 aromatic rings. The smallest absolute Gasteiger partial charge is 0.307 e. The zero-order chi connectivity index (χ0) is 32.5. The highest BCUT2D eigenvalue weighted by atomic mass is 16.6. The SMILES string of the molecule is C#C[C@]1(OC(=O)CCCCCCC/C=C\CCCCCCCC)CC[C@H]2[C@@H]3CCc4cc(O)ccc4[C@H]3CC[C@@]21C.NCCO. The largest absolute Gasteiger partial charge is 0.508 e. The van der Waals surface area contributed by atoms with Crippen LogP contribution in [0.1, 0.15) is 153 Å². The summed E-state index contributed by atoms with van der Waals surface area (Å²) in [5.41, 5.74) is 6.58. The van der Waals surface area contributed by atoms with E-state index in [1.54, 1.807) is 0 Å². The molecule has 5 heteroatoms. The summed E-state index contributed by atoms with van der Waals surface area (Å²) in [5, 5.41) is 17.7. The van der Waals surface area contributed by atoms with Crippen molar-refractivity contribution < 1.29 is 19.7 Å². The number of unbranched alkanes of at least 4 members (excludes halogenated alkanes) is 11. The number of benzene rings is 1. The number of carbonyl (C=O) groups excluding carboxylic acids is 1. The minimum absolute atomic E-state index is 0.0972. The number of esters is 1. The van der Waals surface area contributed by atoms with Crippen molar-refractivity contribution in [2.75, 3.05) is 13.2 Å². The molecule has 0 radical (unpaired) electrons. The molecule has 0 saturated heterocycles. The van der Waals surface area contributed by atoms with Crippen LogP contribution >= 0.6 is 0 Å². The Morgan fingerprint density at radius 3 is 2.29 bits per heavy atom. The molecule has 252 valence electrons. The second-order valence-electron chi connectivity index (χ2n) is 14.1. The monoisotopic (exact) mass is 621 g/mol. The molecule has 3 aliphatic rings. The quantitative estimate of drug-likeness (QED) is 0.0698. The van der Waals surface area contributed by atoms with E-state index in [9.17, 15) is 9.90 Å². The number of aliphatic hydroxyl groups is 1. The summed E-state index contributed by atoms with van der Waals surface area (Å²) in [4.78, 5) is 13.0. The van der Waals surface area contributed by atoms with E-state index in [-0.39, 0.29) is 18.0 Å². The number of fused-ring (bicyclic) bond motifs is 5. The number of phenols is 1. The first-order valence-corrected chi connectivity index (χ1v) is 18.3. The Balaban J connectivity index is 0.00000130. The van der Waals surface area contributed by atoms with E-state index in [0.717, 1.165) is 51.4 Å². The Hall–Kier alpha value is -2.29. The molecular formula is C40H63NO4. The van der Waals surface area contributed by atoms with Gasteiger partial charge < -0.3 is 20.7 Å². The minimum atomic E-state index is -0.767. The Labute approximate surface area is 274 Å². The number of ether oxygens (including phenoxy) is 1. The fourth-order valence-corrected chi connectivity index (χ4v) is 8.59. The van der Waals surface area contributed by atoms with Crippen LogP contribution in [0, 0.1) is 29.6 Å². The van der Waals surface area contributed by atoms with Gasteiger partial charge in [-0.3, -0.25) is 4.79 Å². The van der Waals surface area contributed by atoms with Gasteiger partial charge in [0, 0.05) is 18.4 Å². The summed E-state index contributed by atoms with van der Waals surface area (Å²) >= 11 is 0. The lowest BCUT2D eigenvalue weighted by atomic mass is 9.53. The van der Waals surface area contributed by atoms with Gasteiger partial charge in [0.15, 0.2) is 5.60 Å². The Bertz CT molecular complexity index is 1090. The molecule has 5 nitrogen and oxygen atoms in total. The normalized spacial score (nSPS) is 26.7. The van der Waals surface area contributed by atoms with Gasteiger partial charge in [0.1, 0.15) is 5.75 Å². The maximum atomic E-state index is 13.0. The third kappa shape index (κ3) is 10.1. The molecule has 0 amide bonds. The van der Waals surface area contributed by atoms with Gasteiger partial charge in [-0.1, -0.05) is 89.4 Å². The van der Waals surface area contributed by atoms with Crippen LogP contribution < -0.4 is 5.73 Å². The summed E-state index contributed by atoms with van der Waals surface area (Å²) in [7, 11) is 0. The van der Waals surface area contributed by atoms with Gasteiger partial charge in [0.25, 0.3) is 0 Å². The van der Waals surface area contributed by atoms with Gasteiger partial charge in [-0.15, -0.1) is 6.42 Å². The van der Waals surface area contributed by atoms with E-state index in [1.165, 1.54) is 81.8 Å². The van der Waals surface area contributed by atoms with E-state index in [2.05, 4.69) is 38.0 Å². The molecule has 45 heavy (non-hydrogen) atoms. The Morgan fingerprint density at radius 2 is 1.64 bits per heavy atom. The highest BCUT2D eigenvalue weighted by molar-refractivity contribution is 5.70. The standard InChI is InChI=1S/C38H56O3.C2H7NO/c1-4-6-7-8-9-10-11-12-13-14-15-16-17-18-19-20-36(40)41-38(5-2)28-26-35-34-23-21-30-29-31(39)22-24-32(30)33(34)25-27-37(35,38)3;3-1-2-4/h2,12-13,22,24,29,33-35,39H,4,6-11,14-21,23,25-28H2,1,3H3;4H,1-3H2/b13-12-;/t33-,34-,35+,37+,38+;/m1./s1. The lowest BCUT2D eigenvalue weighted by Crippen LogP contribution is -2.52. The first kappa shape index (κ1) is 37.2. The maximum Gasteiger partial charge on any atom is 0.307 e. The van der Waals surface area contributed by atoms with Gasteiger partial charge in [-0.25, -0.2) is 0 Å². The number of rotatable bonds is 17. The molecule has 0 bridgehead atoms. The highest BCUT2D eigenvalue weighted by Gasteiger charge is 2.63. The number of phenolic OH excluding ortho intramolecular Hbond substituents is 1. The van der Waals surface area contributed by atoms with Crippen LogP contribution in [0.5, 0.6) is 5.75 Å². The molecule has 4 N–H and O–H groups in total. The van der Waals surface area contributed by atoms with Crippen molar-refractivity contribution in [1.82, 2.24) is 0 Å². The molecule has 0 aliphatic heterocycles. The fourth-order valence-electron chi connectivity index (χ4n) is 8.59. The lowest BCUT2D eigenvalue weighted by Gasteiger charge is -2.52. The number of terminal acetylenes is 1. The number of hydrogen-bond acceptors (Lipinski definition) is 5. The Morgan fingerprint density at radius 1 is 1.00 bits per heavy atom. The zero-order valence-corrected chi connectivity index (χ0v) is 28.5. The number of aliphatic hydroxyl groups excluding tert-OH is 1. The van der Waals surface area contributed by atoms with Gasteiger partial charge >= 0.3 is 5.97 Å². The molecule has 0 spiro atoms. The van der Waals surface area contributed by atoms with E-state index < -0.39 is 5.60 Å². The van der Waals surface area contributed by atoms with Gasteiger partial charge in [0.2, 0.25) is 0 Å². The van der Waals surface area contributed by atoms with Crippen LogP contribution in [-0.2, 0) is 16.0 Å². The minimum Gasteiger partial charge on any atom is -0.508 e. The van der Waals surface area contributed by atoms with Crippen molar-refractivity contribution in [3.8, 4) is 18.1 Å². The van der Waals surface area contributed by atoms with Crippen molar-refractivity contribution in [1.29, 1.82) is 0 Å². The van der Waals surface area contributed by atoms with Crippen LogP contribution in [0.4, 0.5) is 0 Å². The van der Waals surface area contributed by atoms with E-state index in [0.29, 0.717) is 36.5 Å². The molecule has 4 rings (SSSR count). The molecule has 3 aliphatic carbocycles. The van der Waals surface area contributed by atoms with Gasteiger partial charge in [-0.05, 0) is 112 Å². The van der Waals surface area contributed by atoms with Crippen molar-refractivity contribution in [2.45, 2.75) is 154 Å². The average molecular weight is 622 g/mol. The van der Waals surface area contributed by atoms with E-state index in [4.69, 9.17) is 22.0 Å². The third-order valence-corrected chi connectivity index (χ3v) is 11.1. The molecule has 0 aromatic heterocycles. The van der Waals surface area contributed by atoms with Crippen molar-refractivity contribution in [3.05, 3.63) is 41.5 Å². The molecule has 1 aromatic carbocycles. The van der Waals surface area contributed by atoms with Crippen molar-refractivity contribution in [3.63, 3.8) is 0 Å². The average Bonchev–Trinajstić information content (AvgIpc) is 3.34. The summed E-state index contributed by atoms with van der Waals surface area (Å²) in [6, 6.07) is 5.93. The molecule has 2 fully saturated rings. The molecular weight excluding hydrogens is 558 g/mol. The number of hydrogen-bond donors (Lipinski definition) is 3. The number of nitrogens with two attached hydrogens (primary N) is 1. The topological polar surface area (TPSA) is 92.8 Å². The maximum absolute atomic E-state index is 13.0. The number of allylic oxidation sites excluding steroid dienone is 2. The highest BCUT2D eigenvalue weighted by Crippen LogP contribution is 2.65. The van der Waals surface area contributed by atoms with Crippen LogP contribution in [0.3, 0.4) is 0 Å². The van der Waals surface area contributed by atoms with E-state index in [1.807, 2.05) is 12.1 Å².